The summed E-state index contributed by atoms with van der Waals surface area (Å²) < 4.78 is 36.8. The van der Waals surface area contributed by atoms with Crippen LogP contribution < -0.4 is 5.73 Å². The normalized spacial score (nSPS) is 14.7. The van der Waals surface area contributed by atoms with Gasteiger partial charge in [0.25, 0.3) is 0 Å². The quantitative estimate of drug-likeness (QED) is 0.827. The molecule has 1 aliphatic rings. The van der Waals surface area contributed by atoms with Gasteiger partial charge in [-0.05, 0) is 56.4 Å². The average molecular weight is 275 g/mol. The van der Waals surface area contributed by atoms with Crippen molar-refractivity contribution in [2.75, 3.05) is 6.54 Å². The summed E-state index contributed by atoms with van der Waals surface area (Å²) in [5.74, 6) is 0. The molecule has 2 nitrogen and oxygen atoms in total. The summed E-state index contributed by atoms with van der Waals surface area (Å²) in [4.78, 5) is 0. The minimum absolute atomic E-state index is 0.326. The van der Waals surface area contributed by atoms with Crippen molar-refractivity contribution in [2.45, 2.75) is 44.9 Å². The summed E-state index contributed by atoms with van der Waals surface area (Å²) in [5.41, 5.74) is 5.80. The highest BCUT2D eigenvalue weighted by molar-refractivity contribution is 5.36. The van der Waals surface area contributed by atoms with Crippen LogP contribution in [0.15, 0.2) is 18.2 Å². The highest BCUT2D eigenvalue weighted by atomic mass is 19.4. The lowest BCUT2D eigenvalue weighted by Crippen LogP contribution is -2.29. The third kappa shape index (κ3) is 5.20. The van der Waals surface area contributed by atoms with Gasteiger partial charge in [-0.3, -0.25) is 0 Å². The lowest BCUT2D eigenvalue weighted by atomic mass is 10.1. The van der Waals surface area contributed by atoms with Crippen molar-refractivity contribution in [3.05, 3.63) is 34.9 Å². The number of rotatable bonds is 1. The van der Waals surface area contributed by atoms with Crippen LogP contribution in [0.3, 0.4) is 0 Å². The van der Waals surface area contributed by atoms with E-state index < -0.39 is 17.3 Å². The van der Waals surface area contributed by atoms with Gasteiger partial charge in [0.05, 0.1) is 11.2 Å². The molecule has 0 heterocycles. The van der Waals surface area contributed by atoms with Gasteiger partial charge in [0, 0.05) is 6.54 Å². The maximum Gasteiger partial charge on any atom is 0.416 e. The standard InChI is InChI=1S/C10H9F3.C4H11NO/c11-10(12,13)9-5-4-7-2-1-3-8(7)6-9;1-4(2,6)3-5/h4-6H,1-3H2;6H,3,5H2,1-2H3. The van der Waals surface area contributed by atoms with Crippen LogP contribution in [0.1, 0.15) is 37.0 Å². The number of alkyl halides is 3. The lowest BCUT2D eigenvalue weighted by Gasteiger charge is -2.11. The van der Waals surface area contributed by atoms with Crippen molar-refractivity contribution in [1.82, 2.24) is 0 Å². The predicted molar refractivity (Wildman–Crippen MR) is 68.8 cm³/mol. The molecule has 0 radical (unpaired) electrons. The van der Waals surface area contributed by atoms with E-state index >= 15 is 0 Å². The van der Waals surface area contributed by atoms with Gasteiger partial charge in [-0.1, -0.05) is 6.07 Å². The number of aliphatic hydroxyl groups is 1. The summed E-state index contributed by atoms with van der Waals surface area (Å²) in [7, 11) is 0. The fourth-order valence-corrected chi connectivity index (χ4v) is 1.75. The number of aryl methyl sites for hydroxylation is 2. The van der Waals surface area contributed by atoms with Crippen LogP contribution in [0, 0.1) is 0 Å². The fourth-order valence-electron chi connectivity index (χ4n) is 1.75. The number of hydrogen-bond acceptors (Lipinski definition) is 2. The molecule has 0 unspecified atom stereocenters. The molecule has 1 aromatic carbocycles. The van der Waals surface area contributed by atoms with Crippen LogP contribution in [-0.2, 0) is 19.0 Å². The molecule has 2 rings (SSSR count). The first kappa shape index (κ1) is 16.0. The molecule has 1 aromatic rings. The monoisotopic (exact) mass is 275 g/mol. The highest BCUT2D eigenvalue weighted by Gasteiger charge is 2.31. The van der Waals surface area contributed by atoms with E-state index in [0.29, 0.717) is 6.54 Å². The minimum atomic E-state index is -4.20. The van der Waals surface area contributed by atoms with E-state index in [-0.39, 0.29) is 0 Å². The van der Waals surface area contributed by atoms with Crippen LogP contribution >= 0.6 is 0 Å². The molecule has 0 fully saturated rings. The Bertz CT molecular complexity index is 422. The molecule has 0 aromatic heterocycles. The second kappa shape index (κ2) is 5.92. The molecule has 5 heteroatoms. The number of nitrogens with two attached hydrogens (primary N) is 1. The molecule has 19 heavy (non-hydrogen) atoms. The minimum Gasteiger partial charge on any atom is -0.389 e. The molecule has 0 amide bonds. The molecule has 0 bridgehead atoms. The molecule has 0 atom stereocenters. The molecule has 0 saturated carbocycles. The van der Waals surface area contributed by atoms with E-state index in [9.17, 15) is 13.2 Å². The Morgan fingerprint density at radius 2 is 1.68 bits per heavy atom. The molecule has 1 aliphatic carbocycles. The SMILES string of the molecule is CC(C)(O)CN.FC(F)(F)c1ccc2c(c1)CCC2. The molecular weight excluding hydrogens is 255 g/mol. The van der Waals surface area contributed by atoms with E-state index in [2.05, 4.69) is 0 Å². The summed E-state index contributed by atoms with van der Waals surface area (Å²) >= 11 is 0. The molecule has 3 N–H and O–H groups in total. The van der Waals surface area contributed by atoms with Crippen molar-refractivity contribution >= 4 is 0 Å². The average Bonchev–Trinajstić information content (AvgIpc) is 2.74. The number of benzene rings is 1. The Morgan fingerprint density at radius 3 is 2.16 bits per heavy atom. The molecule has 0 aliphatic heterocycles. The molecule has 0 saturated heterocycles. The zero-order valence-corrected chi connectivity index (χ0v) is 11.2. The van der Waals surface area contributed by atoms with Gasteiger partial charge >= 0.3 is 6.18 Å². The number of hydrogen-bond donors (Lipinski definition) is 2. The van der Waals surface area contributed by atoms with Crippen LogP contribution in [-0.4, -0.2) is 17.3 Å². The third-order valence-electron chi connectivity index (χ3n) is 2.93. The first-order valence-electron chi connectivity index (χ1n) is 6.25. The molecule has 0 spiro atoms. The van der Waals surface area contributed by atoms with Crippen molar-refractivity contribution in [3.63, 3.8) is 0 Å². The second-order valence-corrected chi connectivity index (χ2v) is 5.35. The summed E-state index contributed by atoms with van der Waals surface area (Å²) in [6.07, 6.45) is -1.50. The first-order chi connectivity index (χ1) is 8.63. The van der Waals surface area contributed by atoms with E-state index in [1.165, 1.54) is 12.1 Å². The smallest absolute Gasteiger partial charge is 0.389 e. The second-order valence-electron chi connectivity index (χ2n) is 5.35. The van der Waals surface area contributed by atoms with Crippen LogP contribution in [0.4, 0.5) is 13.2 Å². The largest absolute Gasteiger partial charge is 0.416 e. The zero-order valence-electron chi connectivity index (χ0n) is 11.2. The Labute approximate surface area is 111 Å². The molecule has 108 valence electrons. The Kier molecular flexibility index (Phi) is 4.98. The third-order valence-corrected chi connectivity index (χ3v) is 2.93. The van der Waals surface area contributed by atoms with Gasteiger partial charge in [-0.25, -0.2) is 0 Å². The maximum absolute atomic E-state index is 12.3. The Hall–Kier alpha value is -1.07. The van der Waals surface area contributed by atoms with E-state index in [4.69, 9.17) is 10.8 Å². The van der Waals surface area contributed by atoms with Gasteiger partial charge in [0.15, 0.2) is 0 Å². The van der Waals surface area contributed by atoms with Gasteiger partial charge < -0.3 is 10.8 Å². The number of halogens is 3. The van der Waals surface area contributed by atoms with Crippen LogP contribution in [0.5, 0.6) is 0 Å². The van der Waals surface area contributed by atoms with Crippen molar-refractivity contribution < 1.29 is 18.3 Å². The van der Waals surface area contributed by atoms with Crippen LogP contribution in [0.2, 0.25) is 0 Å². The predicted octanol–water partition coefficient (Wildman–Crippen LogP) is 2.91. The topological polar surface area (TPSA) is 46.2 Å². The van der Waals surface area contributed by atoms with E-state index in [0.717, 1.165) is 30.4 Å². The summed E-state index contributed by atoms with van der Waals surface area (Å²) in [5, 5.41) is 8.70. The van der Waals surface area contributed by atoms with Gasteiger partial charge in [-0.2, -0.15) is 13.2 Å². The van der Waals surface area contributed by atoms with Gasteiger partial charge in [0.2, 0.25) is 0 Å². The maximum atomic E-state index is 12.3. The van der Waals surface area contributed by atoms with E-state index in [1.54, 1.807) is 19.9 Å². The Morgan fingerprint density at radius 1 is 1.16 bits per heavy atom. The summed E-state index contributed by atoms with van der Waals surface area (Å²) in [6, 6.07) is 4.05. The fraction of sp³-hybridized carbons (Fsp3) is 0.571. The van der Waals surface area contributed by atoms with Gasteiger partial charge in [-0.15, -0.1) is 0 Å². The van der Waals surface area contributed by atoms with Gasteiger partial charge in [0.1, 0.15) is 0 Å². The highest BCUT2D eigenvalue weighted by Crippen LogP contribution is 2.32. The Balaban J connectivity index is 0.000000258. The zero-order chi connectivity index (χ0) is 14.7. The first-order valence-corrected chi connectivity index (χ1v) is 6.25. The molecular formula is C14H20F3NO. The van der Waals surface area contributed by atoms with Crippen molar-refractivity contribution in [2.24, 2.45) is 5.73 Å². The summed E-state index contributed by atoms with van der Waals surface area (Å²) in [6.45, 7) is 3.67. The lowest BCUT2D eigenvalue weighted by molar-refractivity contribution is -0.137. The van der Waals surface area contributed by atoms with Crippen LogP contribution in [0.25, 0.3) is 0 Å². The van der Waals surface area contributed by atoms with E-state index in [1.807, 2.05) is 0 Å². The van der Waals surface area contributed by atoms with Crippen molar-refractivity contribution in [3.8, 4) is 0 Å². The van der Waals surface area contributed by atoms with Crippen molar-refractivity contribution in [1.29, 1.82) is 0 Å². The number of fused-ring (bicyclic) bond motifs is 1.